The summed E-state index contributed by atoms with van der Waals surface area (Å²) in [5.74, 6) is 2.20. The Balaban J connectivity index is 3.06. The van der Waals surface area contributed by atoms with Crippen LogP contribution in [0.15, 0.2) is 12.2 Å². The van der Waals surface area contributed by atoms with Gasteiger partial charge in [0.1, 0.15) is 0 Å². The second-order valence-corrected chi connectivity index (χ2v) is 3.43. The molecule has 0 aromatic carbocycles. The first-order chi connectivity index (χ1) is 3.81. The number of ether oxygens (including phenoxy) is 1. The fourth-order valence-electron chi connectivity index (χ4n) is 0.450. The molecule has 0 atom stereocenters. The number of rotatable bonds is 4. The van der Waals surface area contributed by atoms with Crippen molar-refractivity contribution in [1.82, 2.24) is 0 Å². The molecule has 0 radical (unpaired) electrons. The summed E-state index contributed by atoms with van der Waals surface area (Å²) in [6.07, 6.45) is 0. The maximum atomic E-state index is 4.87. The van der Waals surface area contributed by atoms with Crippen molar-refractivity contribution in [3.8, 4) is 0 Å². The van der Waals surface area contributed by atoms with Gasteiger partial charge in [0.25, 0.3) is 0 Å². The molecule has 0 fully saturated rings. The van der Waals surface area contributed by atoms with Crippen molar-refractivity contribution >= 4 is 15.0 Å². The average molecular weight is 179 g/mol. The van der Waals surface area contributed by atoms with Crippen molar-refractivity contribution in [3.05, 3.63) is 12.2 Å². The van der Waals surface area contributed by atoms with Crippen LogP contribution in [0.5, 0.6) is 0 Å². The Morgan fingerprint density at radius 1 is 1.75 bits per heavy atom. The van der Waals surface area contributed by atoms with Crippen LogP contribution in [-0.2, 0) is 4.74 Å². The van der Waals surface area contributed by atoms with E-state index in [-0.39, 0.29) is 0 Å². The summed E-state index contributed by atoms with van der Waals surface area (Å²) in [5.41, 5.74) is 1.22. The first-order valence-corrected chi connectivity index (χ1v) is 5.38. The third-order valence-corrected chi connectivity index (χ3v) is 2.16. The average Bonchev–Trinajstić information content (AvgIpc) is 1.68. The van der Waals surface area contributed by atoms with Gasteiger partial charge in [0.2, 0.25) is 0 Å². The van der Waals surface area contributed by atoms with E-state index in [9.17, 15) is 0 Å². The second-order valence-electron chi connectivity index (χ2n) is 1.62. The van der Waals surface area contributed by atoms with Gasteiger partial charge in [-0.25, -0.2) is 0 Å². The predicted molar refractivity (Wildman–Crippen MR) is 37.4 cm³/mol. The van der Waals surface area contributed by atoms with Gasteiger partial charge in [0.05, 0.1) is 0 Å². The fourth-order valence-corrected chi connectivity index (χ4v) is 1.48. The molecule has 0 amide bonds. The van der Waals surface area contributed by atoms with Gasteiger partial charge in [-0.2, -0.15) is 0 Å². The molecule has 0 aliphatic heterocycles. The SMILES string of the molecule is C=C(COC)C[Se]C. The zero-order chi connectivity index (χ0) is 6.41. The molecule has 0 unspecified atom stereocenters. The Morgan fingerprint density at radius 2 is 2.38 bits per heavy atom. The predicted octanol–water partition coefficient (Wildman–Crippen LogP) is 1.36. The molecular weight excluding hydrogens is 167 g/mol. The third-order valence-electron chi connectivity index (χ3n) is 0.697. The van der Waals surface area contributed by atoms with Gasteiger partial charge in [-0.05, 0) is 0 Å². The van der Waals surface area contributed by atoms with Crippen molar-refractivity contribution in [2.24, 2.45) is 0 Å². The van der Waals surface area contributed by atoms with E-state index < -0.39 is 0 Å². The van der Waals surface area contributed by atoms with Crippen LogP contribution < -0.4 is 0 Å². The summed E-state index contributed by atoms with van der Waals surface area (Å²) in [5, 5.41) is 1.15. The molecule has 0 aliphatic carbocycles. The molecule has 0 rings (SSSR count). The molecule has 0 aromatic heterocycles. The topological polar surface area (TPSA) is 9.23 Å². The third kappa shape index (κ3) is 4.38. The molecule has 0 aromatic rings. The molecular formula is C6H12OSe. The van der Waals surface area contributed by atoms with Gasteiger partial charge in [0.15, 0.2) is 0 Å². The van der Waals surface area contributed by atoms with Gasteiger partial charge in [-0.3, -0.25) is 0 Å². The molecule has 0 aliphatic rings. The van der Waals surface area contributed by atoms with Gasteiger partial charge >= 0.3 is 56.7 Å². The van der Waals surface area contributed by atoms with E-state index in [0.717, 1.165) is 26.9 Å². The fraction of sp³-hybridized carbons (Fsp3) is 0.667. The number of hydrogen-bond donors (Lipinski definition) is 0. The molecule has 48 valence electrons. The molecule has 1 nitrogen and oxygen atoms in total. The van der Waals surface area contributed by atoms with E-state index >= 15 is 0 Å². The second kappa shape index (κ2) is 5.36. The summed E-state index contributed by atoms with van der Waals surface area (Å²) in [4.78, 5) is 0. The van der Waals surface area contributed by atoms with Crippen molar-refractivity contribution in [2.45, 2.75) is 11.1 Å². The summed E-state index contributed by atoms with van der Waals surface area (Å²) in [6, 6.07) is 0. The van der Waals surface area contributed by atoms with E-state index in [1.54, 1.807) is 7.11 Å². The Morgan fingerprint density at radius 3 is 2.75 bits per heavy atom. The zero-order valence-corrected chi connectivity index (χ0v) is 7.15. The van der Waals surface area contributed by atoms with E-state index in [2.05, 4.69) is 12.4 Å². The number of hydrogen-bond acceptors (Lipinski definition) is 1. The van der Waals surface area contributed by atoms with Crippen LogP contribution in [0.25, 0.3) is 0 Å². The first-order valence-electron chi connectivity index (χ1n) is 2.45. The molecule has 8 heavy (non-hydrogen) atoms. The van der Waals surface area contributed by atoms with Gasteiger partial charge in [-0.15, -0.1) is 0 Å². The molecule has 0 spiro atoms. The molecule has 0 saturated carbocycles. The van der Waals surface area contributed by atoms with Gasteiger partial charge in [0, 0.05) is 0 Å². The molecule has 0 heterocycles. The van der Waals surface area contributed by atoms with Crippen LogP contribution in [0, 0.1) is 0 Å². The van der Waals surface area contributed by atoms with Crippen LogP contribution in [0.4, 0.5) is 0 Å². The monoisotopic (exact) mass is 180 g/mol. The van der Waals surface area contributed by atoms with Crippen LogP contribution in [0.2, 0.25) is 11.1 Å². The van der Waals surface area contributed by atoms with E-state index in [4.69, 9.17) is 4.74 Å². The quantitative estimate of drug-likeness (QED) is 0.467. The summed E-state index contributed by atoms with van der Waals surface area (Å²) < 4.78 is 4.87. The maximum absolute atomic E-state index is 4.87. The van der Waals surface area contributed by atoms with Crippen LogP contribution >= 0.6 is 0 Å². The van der Waals surface area contributed by atoms with E-state index in [0.29, 0.717) is 0 Å². The van der Waals surface area contributed by atoms with Crippen LogP contribution in [-0.4, -0.2) is 28.7 Å². The molecule has 0 N–H and O–H groups in total. The summed E-state index contributed by atoms with van der Waals surface area (Å²) in [6.45, 7) is 4.56. The number of methoxy groups -OCH3 is 1. The Bertz CT molecular complexity index is 62.9. The van der Waals surface area contributed by atoms with Crippen molar-refractivity contribution in [3.63, 3.8) is 0 Å². The van der Waals surface area contributed by atoms with E-state index in [1.165, 1.54) is 5.57 Å². The minimum absolute atomic E-state index is 0.718. The first kappa shape index (κ1) is 8.22. The van der Waals surface area contributed by atoms with Gasteiger partial charge < -0.3 is 0 Å². The molecule has 2 heteroatoms. The Hall–Kier alpha value is 0.219. The molecule has 0 saturated heterocycles. The summed E-state index contributed by atoms with van der Waals surface area (Å²) >= 11 is 0.718. The van der Waals surface area contributed by atoms with Crippen LogP contribution in [0.3, 0.4) is 0 Å². The molecule has 0 bridgehead atoms. The van der Waals surface area contributed by atoms with Crippen molar-refractivity contribution in [1.29, 1.82) is 0 Å². The summed E-state index contributed by atoms with van der Waals surface area (Å²) in [7, 11) is 1.70. The van der Waals surface area contributed by atoms with Crippen molar-refractivity contribution < 1.29 is 4.74 Å². The Labute approximate surface area is 57.3 Å². The zero-order valence-electron chi connectivity index (χ0n) is 5.44. The standard InChI is InChI=1S/C6H12OSe/c1-6(4-7-2)5-8-3/h1,4-5H2,2-3H3. The van der Waals surface area contributed by atoms with Crippen LogP contribution in [0.1, 0.15) is 0 Å². The van der Waals surface area contributed by atoms with Crippen molar-refractivity contribution in [2.75, 3.05) is 13.7 Å². The van der Waals surface area contributed by atoms with E-state index in [1.807, 2.05) is 0 Å². The minimum atomic E-state index is 0.718. The van der Waals surface area contributed by atoms with Gasteiger partial charge in [-0.1, -0.05) is 0 Å². The normalized spacial score (nSPS) is 9.25. The Kier molecular flexibility index (Phi) is 5.50.